The van der Waals surface area contributed by atoms with Gasteiger partial charge < -0.3 is 9.63 Å². The smallest absolute Gasteiger partial charge is 0.415 e. The Hall–Kier alpha value is -3.09. The van der Waals surface area contributed by atoms with Crippen LogP contribution < -0.4 is 0 Å². The van der Waals surface area contributed by atoms with E-state index in [0.717, 1.165) is 29.5 Å². The zero-order valence-corrected chi connectivity index (χ0v) is 24.0. The van der Waals surface area contributed by atoms with Crippen molar-refractivity contribution in [1.29, 1.82) is 0 Å². The molecule has 1 fully saturated rings. The minimum Gasteiger partial charge on any atom is -0.415 e. The van der Waals surface area contributed by atoms with Gasteiger partial charge in [0.1, 0.15) is 12.6 Å². The number of quaternary nitrogens is 1. The second-order valence-electron chi connectivity index (χ2n) is 10.5. The zero-order valence-electron chi connectivity index (χ0n) is 23.1. The van der Waals surface area contributed by atoms with Crippen LogP contribution in [0.4, 0.5) is 4.79 Å². The van der Waals surface area contributed by atoms with Crippen LogP contribution in [0.15, 0.2) is 91.0 Å². The van der Waals surface area contributed by atoms with Gasteiger partial charge in [0.25, 0.3) is 0 Å². The van der Waals surface area contributed by atoms with E-state index in [1.165, 1.54) is 0 Å². The number of benzene rings is 3. The molecule has 2 amide bonds. The number of ether oxygens (including phenoxy) is 1. The summed E-state index contributed by atoms with van der Waals surface area (Å²) in [6, 6.07) is 28.2. The first-order valence-electron chi connectivity index (χ1n) is 14.0. The lowest BCUT2D eigenvalue weighted by atomic mass is 10.1. The molecule has 0 saturated carbocycles. The Morgan fingerprint density at radius 1 is 0.900 bits per heavy atom. The summed E-state index contributed by atoms with van der Waals surface area (Å²) in [5.41, 5.74) is 2.77. The fraction of sp³-hybridized carbons (Fsp3) is 0.375. The van der Waals surface area contributed by atoms with Crippen LogP contribution in [0.5, 0.6) is 0 Å². The van der Waals surface area contributed by atoms with Crippen molar-refractivity contribution in [3.63, 3.8) is 0 Å². The van der Waals surface area contributed by atoms with Crippen molar-refractivity contribution in [1.82, 2.24) is 0 Å². The number of carbonyl (C=O) groups is 2. The number of unbranched alkanes of at least 4 members (excludes halogenated alkanes) is 1. The monoisotopic (exact) mass is 564 g/mol. The van der Waals surface area contributed by atoms with E-state index in [-0.39, 0.29) is 31.8 Å². The van der Waals surface area contributed by atoms with Gasteiger partial charge in [-0.15, -0.1) is 0 Å². The van der Waals surface area contributed by atoms with Gasteiger partial charge in [-0.3, -0.25) is 9.09 Å². The molecule has 0 aliphatic carbocycles. The lowest BCUT2D eigenvalue weighted by Gasteiger charge is -2.34. The van der Waals surface area contributed by atoms with Gasteiger partial charge in [0.05, 0.1) is 12.7 Å². The van der Waals surface area contributed by atoms with Crippen molar-refractivity contribution in [2.75, 3.05) is 12.7 Å². The van der Waals surface area contributed by atoms with Crippen LogP contribution in [-0.4, -0.2) is 46.2 Å². The standard InChI is InChI=1S/C32H38NO6P/c1-26-14-13-22-33(26,32(35)38-25-29-20-9-4-10-21-29)31(34)30(24-28-18-7-3-8-19-28)39-40(36,37)23-12-11-17-27-15-5-2-6-16-27/h2-10,15-16,18-21,26,30H,11-14,17,22-25H2,1H3/p+1/t26?,30?,33-/m0/s1. The summed E-state index contributed by atoms with van der Waals surface area (Å²) in [4.78, 5) is 38.7. The molecular formula is C32H39NO6P+. The van der Waals surface area contributed by atoms with Crippen LogP contribution in [0.3, 0.4) is 0 Å². The Kier molecular flexibility index (Phi) is 10.5. The topological polar surface area (TPSA) is 89.9 Å². The molecule has 1 N–H and O–H groups in total. The third-order valence-corrected chi connectivity index (χ3v) is 9.10. The van der Waals surface area contributed by atoms with Crippen molar-refractivity contribution in [3.05, 3.63) is 108 Å². The second kappa shape index (κ2) is 14.0. The summed E-state index contributed by atoms with van der Waals surface area (Å²) in [5, 5.41) is 0. The Balaban J connectivity index is 1.50. The molecule has 0 spiro atoms. The number of hydrogen-bond acceptors (Lipinski definition) is 5. The summed E-state index contributed by atoms with van der Waals surface area (Å²) < 4.78 is 24.2. The number of hydrogen-bond donors (Lipinski definition) is 1. The lowest BCUT2D eigenvalue weighted by molar-refractivity contribution is -0.794. The van der Waals surface area contributed by atoms with Crippen molar-refractivity contribution in [2.45, 2.75) is 64.2 Å². The number of aryl methyl sites for hydroxylation is 1. The highest BCUT2D eigenvalue weighted by atomic mass is 31.2. The highest BCUT2D eigenvalue weighted by Gasteiger charge is 2.57. The fourth-order valence-electron chi connectivity index (χ4n) is 5.39. The lowest BCUT2D eigenvalue weighted by Crippen LogP contribution is -2.63. The first-order chi connectivity index (χ1) is 19.3. The molecule has 4 atom stereocenters. The predicted octanol–water partition coefficient (Wildman–Crippen LogP) is 6.69. The minimum atomic E-state index is -4.13. The normalized spacial score (nSPS) is 20.9. The van der Waals surface area contributed by atoms with Gasteiger partial charge in [-0.25, -0.2) is 4.79 Å². The summed E-state index contributed by atoms with van der Waals surface area (Å²) in [7, 11) is -4.13. The molecule has 8 heteroatoms. The molecule has 212 valence electrons. The molecule has 0 aromatic heterocycles. The van der Waals surface area contributed by atoms with Gasteiger partial charge in [-0.05, 0) is 42.9 Å². The van der Waals surface area contributed by atoms with E-state index in [1.54, 1.807) is 0 Å². The van der Waals surface area contributed by atoms with Crippen LogP contribution in [0.1, 0.15) is 49.3 Å². The maximum absolute atomic E-state index is 14.2. The van der Waals surface area contributed by atoms with Gasteiger partial charge in [-0.1, -0.05) is 91.0 Å². The molecule has 3 aromatic carbocycles. The highest BCUT2D eigenvalue weighted by Crippen LogP contribution is 2.46. The molecule has 40 heavy (non-hydrogen) atoms. The third-order valence-electron chi connectivity index (χ3n) is 7.64. The van der Waals surface area contributed by atoms with Crippen molar-refractivity contribution in [3.8, 4) is 0 Å². The Morgan fingerprint density at radius 2 is 1.48 bits per heavy atom. The second-order valence-corrected chi connectivity index (χ2v) is 12.5. The molecular weight excluding hydrogens is 525 g/mol. The van der Waals surface area contributed by atoms with Gasteiger partial charge >= 0.3 is 19.6 Å². The van der Waals surface area contributed by atoms with E-state index in [9.17, 15) is 19.0 Å². The molecule has 4 rings (SSSR count). The molecule has 1 aliphatic heterocycles. The number of imide groups is 1. The Morgan fingerprint density at radius 3 is 2.05 bits per heavy atom. The average molecular weight is 565 g/mol. The minimum absolute atomic E-state index is 0.0454. The van der Waals surface area contributed by atoms with E-state index in [0.29, 0.717) is 19.3 Å². The molecule has 1 saturated heterocycles. The number of carbonyl (C=O) groups excluding carboxylic acids is 2. The van der Waals surface area contributed by atoms with E-state index in [2.05, 4.69) is 0 Å². The maximum atomic E-state index is 14.2. The van der Waals surface area contributed by atoms with E-state index >= 15 is 0 Å². The number of likely N-dealkylation sites (tertiary alicyclic amines) is 1. The predicted molar refractivity (Wildman–Crippen MR) is 155 cm³/mol. The average Bonchev–Trinajstić information content (AvgIpc) is 3.37. The van der Waals surface area contributed by atoms with Crippen LogP contribution in [0.2, 0.25) is 0 Å². The van der Waals surface area contributed by atoms with Crippen LogP contribution in [0, 0.1) is 0 Å². The molecule has 1 heterocycles. The van der Waals surface area contributed by atoms with E-state index < -0.39 is 30.2 Å². The van der Waals surface area contributed by atoms with Gasteiger partial charge in [0.15, 0.2) is 6.10 Å². The first kappa shape index (κ1) is 29.9. The van der Waals surface area contributed by atoms with E-state index in [4.69, 9.17) is 9.26 Å². The van der Waals surface area contributed by atoms with Gasteiger partial charge in [0, 0.05) is 19.3 Å². The zero-order chi connectivity index (χ0) is 28.4. The summed E-state index contributed by atoms with van der Waals surface area (Å²) >= 11 is 0. The SMILES string of the molecule is CC1CCC[N@@+]1(C(=O)OCc1ccccc1)C(=O)C(Cc1ccccc1)OP(=O)(O)CCCCc1ccccc1. The first-order valence-corrected chi connectivity index (χ1v) is 15.8. The molecule has 1 aliphatic rings. The van der Waals surface area contributed by atoms with Crippen LogP contribution >= 0.6 is 7.60 Å². The number of nitrogens with zero attached hydrogens (tertiary/aromatic N) is 1. The maximum Gasteiger partial charge on any atom is 0.524 e. The largest absolute Gasteiger partial charge is 0.524 e. The molecule has 0 bridgehead atoms. The Bertz CT molecular complexity index is 1290. The van der Waals surface area contributed by atoms with Gasteiger partial charge in [-0.2, -0.15) is 9.28 Å². The summed E-state index contributed by atoms with van der Waals surface area (Å²) in [5.74, 6) is -0.523. The number of amides is 2. The molecule has 3 unspecified atom stereocenters. The Labute approximate surface area is 236 Å². The van der Waals surface area contributed by atoms with Crippen molar-refractivity contribution in [2.24, 2.45) is 0 Å². The molecule has 3 aromatic rings. The fourth-order valence-corrected chi connectivity index (χ4v) is 6.68. The van der Waals surface area contributed by atoms with Crippen molar-refractivity contribution < 1.29 is 32.8 Å². The molecule has 7 nitrogen and oxygen atoms in total. The quantitative estimate of drug-likeness (QED) is 0.150. The van der Waals surface area contributed by atoms with Crippen molar-refractivity contribution >= 4 is 19.6 Å². The summed E-state index contributed by atoms with van der Waals surface area (Å²) in [6.45, 7) is 2.18. The van der Waals surface area contributed by atoms with E-state index in [1.807, 2.05) is 97.9 Å². The highest BCUT2D eigenvalue weighted by molar-refractivity contribution is 7.52. The third kappa shape index (κ3) is 7.76. The van der Waals surface area contributed by atoms with Gasteiger partial charge in [0.2, 0.25) is 0 Å². The van der Waals surface area contributed by atoms with Crippen LogP contribution in [0.25, 0.3) is 0 Å². The summed E-state index contributed by atoms with van der Waals surface area (Å²) in [6.07, 6.45) is 1.44. The molecule has 0 radical (unpaired) electrons. The number of rotatable bonds is 12. The van der Waals surface area contributed by atoms with Crippen LogP contribution in [-0.2, 0) is 38.1 Å².